The van der Waals surface area contributed by atoms with Gasteiger partial charge < -0.3 is 5.32 Å². The van der Waals surface area contributed by atoms with Crippen molar-refractivity contribution in [2.24, 2.45) is 0 Å². The molecule has 0 atom stereocenters. The zero-order valence-electron chi connectivity index (χ0n) is 9.78. The summed E-state index contributed by atoms with van der Waals surface area (Å²) in [5.74, 6) is 0.932. The smallest absolute Gasteiger partial charge is 0.126 e. The highest BCUT2D eigenvalue weighted by atomic mass is 79.9. The minimum absolute atomic E-state index is 0.901. The Morgan fingerprint density at radius 1 is 1.24 bits per heavy atom. The highest BCUT2D eigenvalue weighted by Crippen LogP contribution is 2.17. The molecule has 1 N–H and O–H groups in total. The molecule has 0 bridgehead atoms. The summed E-state index contributed by atoms with van der Waals surface area (Å²) in [4.78, 5) is 4.31. The predicted octanol–water partition coefficient (Wildman–Crippen LogP) is 3.81. The van der Waals surface area contributed by atoms with E-state index >= 15 is 0 Å². The number of aryl methyl sites for hydroxylation is 1. The van der Waals surface area contributed by atoms with E-state index in [1.807, 2.05) is 12.3 Å². The molecule has 0 saturated heterocycles. The molecule has 3 heteroatoms. The molecule has 88 valence electrons. The van der Waals surface area contributed by atoms with E-state index in [0.29, 0.717) is 0 Å². The van der Waals surface area contributed by atoms with Crippen molar-refractivity contribution in [3.63, 3.8) is 0 Å². The van der Waals surface area contributed by atoms with Crippen LogP contribution in [-0.4, -0.2) is 11.5 Å². The van der Waals surface area contributed by atoms with Crippen molar-refractivity contribution in [2.45, 2.75) is 13.3 Å². The van der Waals surface area contributed by atoms with Gasteiger partial charge in [0.1, 0.15) is 5.82 Å². The third-order valence-corrected chi connectivity index (χ3v) is 3.44. The van der Waals surface area contributed by atoms with Gasteiger partial charge in [-0.05, 0) is 46.5 Å². The van der Waals surface area contributed by atoms with E-state index in [0.717, 1.165) is 23.3 Å². The van der Waals surface area contributed by atoms with E-state index in [-0.39, 0.29) is 0 Å². The zero-order chi connectivity index (χ0) is 12.1. The highest BCUT2D eigenvalue weighted by molar-refractivity contribution is 9.10. The van der Waals surface area contributed by atoms with Crippen molar-refractivity contribution in [3.05, 3.63) is 58.2 Å². The maximum atomic E-state index is 4.31. The van der Waals surface area contributed by atoms with Crippen LogP contribution >= 0.6 is 15.9 Å². The molecule has 0 fully saturated rings. The molecule has 0 saturated carbocycles. The van der Waals surface area contributed by atoms with Gasteiger partial charge >= 0.3 is 0 Å². The van der Waals surface area contributed by atoms with Crippen LogP contribution in [0.3, 0.4) is 0 Å². The Morgan fingerprint density at radius 3 is 2.71 bits per heavy atom. The second kappa shape index (κ2) is 5.82. The molecule has 2 nitrogen and oxygen atoms in total. The van der Waals surface area contributed by atoms with Crippen LogP contribution in [-0.2, 0) is 6.42 Å². The van der Waals surface area contributed by atoms with Gasteiger partial charge in [-0.25, -0.2) is 4.98 Å². The van der Waals surface area contributed by atoms with Crippen LogP contribution in [0, 0.1) is 6.92 Å². The molecule has 0 amide bonds. The monoisotopic (exact) mass is 290 g/mol. The van der Waals surface area contributed by atoms with Gasteiger partial charge in [0.2, 0.25) is 0 Å². The van der Waals surface area contributed by atoms with E-state index in [4.69, 9.17) is 0 Å². The number of hydrogen-bond acceptors (Lipinski definition) is 2. The van der Waals surface area contributed by atoms with Gasteiger partial charge in [-0.3, -0.25) is 0 Å². The maximum Gasteiger partial charge on any atom is 0.126 e. The molecule has 0 spiro atoms. The molecule has 0 unspecified atom stereocenters. The summed E-state index contributed by atoms with van der Waals surface area (Å²) in [7, 11) is 0. The molecule has 1 heterocycles. The fourth-order valence-corrected chi connectivity index (χ4v) is 1.83. The largest absolute Gasteiger partial charge is 0.370 e. The summed E-state index contributed by atoms with van der Waals surface area (Å²) < 4.78 is 1.05. The second-order valence-electron chi connectivity index (χ2n) is 3.98. The van der Waals surface area contributed by atoms with Crippen LogP contribution in [0.4, 0.5) is 5.82 Å². The molecular weight excluding hydrogens is 276 g/mol. The number of hydrogen-bond donors (Lipinski definition) is 1. The maximum absolute atomic E-state index is 4.31. The molecule has 1 aromatic heterocycles. The summed E-state index contributed by atoms with van der Waals surface area (Å²) in [5, 5.41) is 3.33. The summed E-state index contributed by atoms with van der Waals surface area (Å²) in [6.07, 6.45) is 2.85. The lowest BCUT2D eigenvalue weighted by Crippen LogP contribution is -2.06. The first-order chi connectivity index (χ1) is 8.25. The number of nitrogens with one attached hydrogen (secondary N) is 1. The fraction of sp³-hybridized carbons (Fsp3) is 0.214. The molecule has 0 aliphatic rings. The standard InChI is InChI=1S/C14H15BrN2/c1-11-9-14(17-10-13(11)15)16-8-7-12-5-3-2-4-6-12/h2-6,9-10H,7-8H2,1H3,(H,16,17). The van der Waals surface area contributed by atoms with Crippen LogP contribution in [0.25, 0.3) is 0 Å². The Bertz CT molecular complexity index is 483. The topological polar surface area (TPSA) is 24.9 Å². The predicted molar refractivity (Wildman–Crippen MR) is 75.3 cm³/mol. The Balaban J connectivity index is 1.88. The highest BCUT2D eigenvalue weighted by Gasteiger charge is 1.98. The summed E-state index contributed by atoms with van der Waals surface area (Å²) in [6.45, 7) is 2.96. The first kappa shape index (κ1) is 12.1. The Labute approximate surface area is 110 Å². The molecule has 2 rings (SSSR count). The van der Waals surface area contributed by atoms with Gasteiger partial charge in [0.15, 0.2) is 0 Å². The van der Waals surface area contributed by atoms with Crippen LogP contribution < -0.4 is 5.32 Å². The number of rotatable bonds is 4. The van der Waals surface area contributed by atoms with E-state index in [1.165, 1.54) is 11.1 Å². The van der Waals surface area contributed by atoms with E-state index in [9.17, 15) is 0 Å². The first-order valence-electron chi connectivity index (χ1n) is 5.65. The molecule has 17 heavy (non-hydrogen) atoms. The van der Waals surface area contributed by atoms with Gasteiger partial charge in [0, 0.05) is 17.2 Å². The normalized spacial score (nSPS) is 10.2. The Morgan fingerprint density at radius 2 is 2.00 bits per heavy atom. The minimum Gasteiger partial charge on any atom is -0.370 e. The summed E-state index contributed by atoms with van der Waals surface area (Å²) in [5.41, 5.74) is 2.54. The van der Waals surface area contributed by atoms with Crippen molar-refractivity contribution >= 4 is 21.7 Å². The molecule has 0 aliphatic carbocycles. The lowest BCUT2D eigenvalue weighted by molar-refractivity contribution is 1.00. The Kier molecular flexibility index (Phi) is 4.15. The quantitative estimate of drug-likeness (QED) is 0.926. The summed E-state index contributed by atoms with van der Waals surface area (Å²) in [6, 6.07) is 12.5. The number of halogens is 1. The van der Waals surface area contributed by atoms with Gasteiger partial charge in [-0.2, -0.15) is 0 Å². The number of benzene rings is 1. The second-order valence-corrected chi connectivity index (χ2v) is 4.84. The van der Waals surface area contributed by atoms with Crippen molar-refractivity contribution in [1.29, 1.82) is 0 Å². The third kappa shape index (κ3) is 3.56. The van der Waals surface area contributed by atoms with Crippen LogP contribution in [0.15, 0.2) is 47.1 Å². The van der Waals surface area contributed by atoms with Crippen molar-refractivity contribution < 1.29 is 0 Å². The van der Waals surface area contributed by atoms with Crippen LogP contribution in [0.2, 0.25) is 0 Å². The number of nitrogens with zero attached hydrogens (tertiary/aromatic N) is 1. The minimum atomic E-state index is 0.901. The molecule has 0 radical (unpaired) electrons. The van der Waals surface area contributed by atoms with Crippen molar-refractivity contribution in [2.75, 3.05) is 11.9 Å². The van der Waals surface area contributed by atoms with E-state index < -0.39 is 0 Å². The lowest BCUT2D eigenvalue weighted by Gasteiger charge is -2.07. The molecular formula is C14H15BrN2. The van der Waals surface area contributed by atoms with Gasteiger partial charge in [0.25, 0.3) is 0 Å². The number of anilines is 1. The summed E-state index contributed by atoms with van der Waals surface area (Å²) >= 11 is 3.44. The van der Waals surface area contributed by atoms with Crippen molar-refractivity contribution in [3.8, 4) is 0 Å². The zero-order valence-corrected chi connectivity index (χ0v) is 11.4. The molecule has 0 aliphatic heterocycles. The van der Waals surface area contributed by atoms with E-state index in [1.54, 1.807) is 0 Å². The lowest BCUT2D eigenvalue weighted by atomic mass is 10.1. The van der Waals surface area contributed by atoms with E-state index in [2.05, 4.69) is 63.5 Å². The average molecular weight is 291 g/mol. The number of pyridine rings is 1. The van der Waals surface area contributed by atoms with Gasteiger partial charge in [-0.1, -0.05) is 30.3 Å². The Hall–Kier alpha value is -1.35. The van der Waals surface area contributed by atoms with Crippen LogP contribution in [0.5, 0.6) is 0 Å². The third-order valence-electron chi connectivity index (χ3n) is 2.61. The van der Waals surface area contributed by atoms with Crippen LogP contribution in [0.1, 0.15) is 11.1 Å². The first-order valence-corrected chi connectivity index (χ1v) is 6.45. The van der Waals surface area contributed by atoms with Gasteiger partial charge in [-0.15, -0.1) is 0 Å². The fourth-order valence-electron chi connectivity index (χ4n) is 1.62. The SMILES string of the molecule is Cc1cc(NCCc2ccccc2)ncc1Br. The molecule has 1 aromatic carbocycles. The average Bonchev–Trinajstić information content (AvgIpc) is 2.35. The number of aromatic nitrogens is 1. The molecule has 2 aromatic rings. The van der Waals surface area contributed by atoms with Crippen molar-refractivity contribution in [1.82, 2.24) is 4.98 Å². The van der Waals surface area contributed by atoms with Gasteiger partial charge in [0.05, 0.1) is 0 Å².